The highest BCUT2D eigenvalue weighted by molar-refractivity contribution is 6.35. The number of anilines is 1. The van der Waals surface area contributed by atoms with Crippen LogP contribution in [0, 0.1) is 5.82 Å². The number of pyridine rings is 1. The number of halogens is 2. The maximum atomic E-state index is 15.1. The zero-order chi connectivity index (χ0) is 23.1. The number of benzene rings is 2. The first-order valence-electron chi connectivity index (χ1n) is 10.9. The first-order valence-corrected chi connectivity index (χ1v) is 11.3. The van der Waals surface area contributed by atoms with Crippen LogP contribution < -0.4 is 10.6 Å². The van der Waals surface area contributed by atoms with Crippen molar-refractivity contribution in [1.29, 1.82) is 0 Å². The summed E-state index contributed by atoms with van der Waals surface area (Å²) in [5.74, 6) is -0.279. The SMILES string of the molecule is CCCc1nc2c(C(N)=O)cc(N3CCOCC3)cc2n1-c1ccnc2c(Cl)ccc(F)c12. The molecular weight excluding hydrogens is 445 g/mol. The maximum Gasteiger partial charge on any atom is 0.251 e. The number of hydrogen-bond acceptors (Lipinski definition) is 5. The molecule has 1 saturated heterocycles. The summed E-state index contributed by atoms with van der Waals surface area (Å²) in [4.78, 5) is 23.7. The lowest BCUT2D eigenvalue weighted by molar-refractivity contribution is 0.100. The molecule has 0 atom stereocenters. The van der Waals surface area contributed by atoms with Gasteiger partial charge < -0.3 is 15.4 Å². The molecule has 1 aliphatic heterocycles. The van der Waals surface area contributed by atoms with Crippen molar-refractivity contribution in [3.8, 4) is 5.69 Å². The second-order valence-electron chi connectivity index (χ2n) is 8.02. The molecule has 0 radical (unpaired) electrons. The Morgan fingerprint density at radius 3 is 2.73 bits per heavy atom. The third kappa shape index (κ3) is 3.69. The summed E-state index contributed by atoms with van der Waals surface area (Å²) in [7, 11) is 0. The number of primary amides is 1. The lowest BCUT2D eigenvalue weighted by Crippen LogP contribution is -2.36. The predicted octanol–water partition coefficient (Wildman–Crippen LogP) is 4.25. The number of imidazole rings is 1. The van der Waals surface area contributed by atoms with Gasteiger partial charge in [-0.25, -0.2) is 9.37 Å². The Bertz CT molecular complexity index is 1380. The molecule has 170 valence electrons. The summed E-state index contributed by atoms with van der Waals surface area (Å²) in [6.07, 6.45) is 3.05. The van der Waals surface area contributed by atoms with Gasteiger partial charge in [0.25, 0.3) is 5.91 Å². The third-order valence-corrected chi connectivity index (χ3v) is 6.25. The molecule has 5 rings (SSSR count). The van der Waals surface area contributed by atoms with Crippen LogP contribution in [0.5, 0.6) is 0 Å². The molecule has 7 nitrogen and oxygen atoms in total. The zero-order valence-corrected chi connectivity index (χ0v) is 18.9. The van der Waals surface area contributed by atoms with E-state index in [9.17, 15) is 4.79 Å². The van der Waals surface area contributed by atoms with Gasteiger partial charge in [-0.05, 0) is 36.8 Å². The van der Waals surface area contributed by atoms with E-state index in [1.54, 1.807) is 18.3 Å². The Morgan fingerprint density at radius 2 is 2.00 bits per heavy atom. The van der Waals surface area contributed by atoms with E-state index in [0.717, 1.165) is 12.1 Å². The van der Waals surface area contributed by atoms with Gasteiger partial charge in [-0.1, -0.05) is 18.5 Å². The van der Waals surface area contributed by atoms with Crippen LogP contribution in [-0.4, -0.2) is 46.7 Å². The van der Waals surface area contributed by atoms with Gasteiger partial charge in [-0.2, -0.15) is 0 Å². The number of nitrogens with two attached hydrogens (primary N) is 1. The first-order chi connectivity index (χ1) is 16.0. The molecule has 0 spiro atoms. The van der Waals surface area contributed by atoms with Gasteiger partial charge >= 0.3 is 0 Å². The normalized spacial score (nSPS) is 14.3. The Morgan fingerprint density at radius 1 is 1.21 bits per heavy atom. The molecule has 3 heterocycles. The molecule has 0 bridgehead atoms. The molecule has 1 fully saturated rings. The summed E-state index contributed by atoms with van der Waals surface area (Å²) in [6, 6.07) is 8.34. The average Bonchev–Trinajstić information content (AvgIpc) is 3.19. The lowest BCUT2D eigenvalue weighted by atomic mass is 10.1. The third-order valence-electron chi connectivity index (χ3n) is 5.94. The van der Waals surface area contributed by atoms with E-state index in [2.05, 4.69) is 9.88 Å². The van der Waals surface area contributed by atoms with E-state index in [1.165, 1.54) is 12.1 Å². The summed E-state index contributed by atoms with van der Waals surface area (Å²) >= 11 is 6.34. The number of carbonyl (C=O) groups is 1. The zero-order valence-electron chi connectivity index (χ0n) is 18.1. The van der Waals surface area contributed by atoms with E-state index in [0.29, 0.717) is 76.8 Å². The Labute approximate surface area is 194 Å². The number of nitrogens with zero attached hydrogens (tertiary/aromatic N) is 4. The average molecular weight is 468 g/mol. The van der Waals surface area contributed by atoms with Crippen molar-refractivity contribution in [3.63, 3.8) is 0 Å². The fourth-order valence-corrected chi connectivity index (χ4v) is 4.63. The van der Waals surface area contributed by atoms with Crippen LogP contribution in [0.2, 0.25) is 5.02 Å². The molecule has 9 heteroatoms. The molecule has 2 aromatic carbocycles. The number of ether oxygens (including phenoxy) is 1. The fourth-order valence-electron chi connectivity index (χ4n) is 4.43. The van der Waals surface area contributed by atoms with Crippen LogP contribution in [-0.2, 0) is 11.2 Å². The van der Waals surface area contributed by atoms with Crippen LogP contribution in [0.4, 0.5) is 10.1 Å². The molecule has 2 aromatic heterocycles. The molecule has 0 unspecified atom stereocenters. The number of amides is 1. The molecule has 1 amide bonds. The number of morpholine rings is 1. The van der Waals surface area contributed by atoms with Crippen LogP contribution in [0.3, 0.4) is 0 Å². The number of aromatic nitrogens is 3. The largest absolute Gasteiger partial charge is 0.378 e. The molecule has 2 N–H and O–H groups in total. The van der Waals surface area contributed by atoms with Crippen molar-refractivity contribution in [2.24, 2.45) is 5.73 Å². The minimum absolute atomic E-state index is 0.305. The van der Waals surface area contributed by atoms with Gasteiger partial charge in [0, 0.05) is 31.4 Å². The van der Waals surface area contributed by atoms with Crippen molar-refractivity contribution in [1.82, 2.24) is 14.5 Å². The number of fused-ring (bicyclic) bond motifs is 2. The minimum atomic E-state index is -0.559. The molecule has 0 saturated carbocycles. The molecule has 33 heavy (non-hydrogen) atoms. The van der Waals surface area contributed by atoms with Gasteiger partial charge in [0.05, 0.1) is 45.9 Å². The predicted molar refractivity (Wildman–Crippen MR) is 127 cm³/mol. The second kappa shape index (κ2) is 8.61. The number of rotatable bonds is 5. The smallest absolute Gasteiger partial charge is 0.251 e. The van der Waals surface area contributed by atoms with Gasteiger partial charge in [-0.15, -0.1) is 0 Å². The standard InChI is InChI=1S/C24H23ClFN5O2/c1-2-3-20-29-22-15(24(27)32)12-14(30-8-10-33-11-9-30)13-19(22)31(20)18-6-7-28-23-16(25)4-5-17(26)21(18)23/h4-7,12-13H,2-3,8-11H2,1H3,(H2,27,32). The van der Waals surface area contributed by atoms with Crippen molar-refractivity contribution in [2.45, 2.75) is 19.8 Å². The van der Waals surface area contributed by atoms with Crippen molar-refractivity contribution < 1.29 is 13.9 Å². The van der Waals surface area contributed by atoms with E-state index in [4.69, 9.17) is 27.1 Å². The van der Waals surface area contributed by atoms with Crippen LogP contribution in [0.15, 0.2) is 36.5 Å². The Balaban J connectivity index is 1.86. The number of aryl methyl sites for hydroxylation is 1. The Kier molecular flexibility index (Phi) is 5.64. The van der Waals surface area contributed by atoms with E-state index < -0.39 is 11.7 Å². The highest BCUT2D eigenvalue weighted by Crippen LogP contribution is 2.35. The monoisotopic (exact) mass is 467 g/mol. The fraction of sp³-hybridized carbons (Fsp3) is 0.292. The minimum Gasteiger partial charge on any atom is -0.378 e. The molecule has 0 aliphatic carbocycles. The van der Waals surface area contributed by atoms with E-state index in [-0.39, 0.29) is 0 Å². The maximum absolute atomic E-state index is 15.1. The van der Waals surface area contributed by atoms with Crippen molar-refractivity contribution in [3.05, 3.63) is 58.8 Å². The van der Waals surface area contributed by atoms with Gasteiger partial charge in [-0.3, -0.25) is 14.3 Å². The molecular formula is C24H23ClFN5O2. The van der Waals surface area contributed by atoms with Crippen molar-refractivity contribution in [2.75, 3.05) is 31.2 Å². The Hall–Kier alpha value is -3.23. The van der Waals surface area contributed by atoms with Crippen molar-refractivity contribution >= 4 is 45.1 Å². The number of hydrogen-bond donors (Lipinski definition) is 1. The van der Waals surface area contributed by atoms with Gasteiger partial charge in [0.1, 0.15) is 17.2 Å². The topological polar surface area (TPSA) is 86.3 Å². The van der Waals surface area contributed by atoms with Crippen LogP contribution >= 0.6 is 11.6 Å². The summed E-state index contributed by atoms with van der Waals surface area (Å²) < 4.78 is 22.5. The molecule has 1 aliphatic rings. The van der Waals surface area contributed by atoms with Gasteiger partial charge in [0.15, 0.2) is 0 Å². The van der Waals surface area contributed by atoms with E-state index in [1.807, 2.05) is 17.6 Å². The highest BCUT2D eigenvalue weighted by Gasteiger charge is 2.23. The quantitative estimate of drug-likeness (QED) is 0.474. The van der Waals surface area contributed by atoms with Crippen LogP contribution in [0.25, 0.3) is 27.6 Å². The summed E-state index contributed by atoms with van der Waals surface area (Å²) in [5.41, 5.74) is 9.07. The second-order valence-corrected chi connectivity index (χ2v) is 8.43. The highest BCUT2D eigenvalue weighted by atomic mass is 35.5. The summed E-state index contributed by atoms with van der Waals surface area (Å²) in [5, 5.41) is 0.667. The lowest BCUT2D eigenvalue weighted by Gasteiger charge is -2.29. The van der Waals surface area contributed by atoms with Gasteiger partial charge in [0.2, 0.25) is 0 Å². The number of carbonyl (C=O) groups excluding carboxylic acids is 1. The first kappa shape index (κ1) is 21.6. The van der Waals surface area contributed by atoms with E-state index >= 15 is 4.39 Å². The van der Waals surface area contributed by atoms with Crippen LogP contribution in [0.1, 0.15) is 29.5 Å². The summed E-state index contributed by atoms with van der Waals surface area (Å²) in [6.45, 7) is 4.64. The molecule has 4 aromatic rings.